The molecule has 1 aromatic carbocycles. The molecule has 0 bridgehead atoms. The van der Waals surface area contributed by atoms with Gasteiger partial charge in [-0.15, -0.1) is 0 Å². The van der Waals surface area contributed by atoms with Gasteiger partial charge in [-0.2, -0.15) is 4.98 Å². The number of hydrogen-bond acceptors (Lipinski definition) is 5. The van der Waals surface area contributed by atoms with Crippen molar-refractivity contribution in [2.45, 2.75) is 44.7 Å². The molecule has 1 aliphatic carbocycles. The van der Waals surface area contributed by atoms with Gasteiger partial charge in [0.25, 0.3) is 0 Å². The Bertz CT molecular complexity index is 662. The van der Waals surface area contributed by atoms with Gasteiger partial charge >= 0.3 is 0 Å². The van der Waals surface area contributed by atoms with Gasteiger partial charge in [0, 0.05) is 31.6 Å². The highest BCUT2D eigenvalue weighted by molar-refractivity contribution is 5.45. The lowest BCUT2D eigenvalue weighted by molar-refractivity contribution is 0.345. The summed E-state index contributed by atoms with van der Waals surface area (Å²) in [6.07, 6.45) is 3.03. The third-order valence-corrected chi connectivity index (χ3v) is 4.58. The molecule has 1 saturated carbocycles. The van der Waals surface area contributed by atoms with Gasteiger partial charge < -0.3 is 16.4 Å². The maximum atomic E-state index is 5.90. The normalized spacial score (nSPS) is 20.1. The lowest BCUT2D eigenvalue weighted by Gasteiger charge is -2.32. The van der Waals surface area contributed by atoms with Crippen LogP contribution in [-0.2, 0) is 13.0 Å². The van der Waals surface area contributed by atoms with Gasteiger partial charge in [-0.25, -0.2) is 4.98 Å². The third kappa shape index (κ3) is 3.62. The summed E-state index contributed by atoms with van der Waals surface area (Å²) in [6.45, 7) is 2.96. The van der Waals surface area contributed by atoms with Crippen LogP contribution in [0.4, 0.5) is 11.8 Å². The Morgan fingerprint density at radius 1 is 1.13 bits per heavy atom. The van der Waals surface area contributed by atoms with Crippen molar-refractivity contribution in [1.29, 1.82) is 0 Å². The second-order valence-electron chi connectivity index (χ2n) is 6.46. The summed E-state index contributed by atoms with van der Waals surface area (Å²) in [5, 5.41) is 0. The van der Waals surface area contributed by atoms with E-state index in [0.717, 1.165) is 37.3 Å². The van der Waals surface area contributed by atoms with Crippen LogP contribution in [-0.4, -0.2) is 23.1 Å². The molecule has 0 amide bonds. The molecule has 1 heterocycles. The summed E-state index contributed by atoms with van der Waals surface area (Å²) in [6, 6.07) is 11.1. The van der Waals surface area contributed by atoms with E-state index in [1.54, 1.807) is 0 Å². The molecule has 1 aromatic heterocycles. The molecule has 0 aliphatic heterocycles. The molecule has 0 spiro atoms. The van der Waals surface area contributed by atoms with Crippen LogP contribution >= 0.6 is 0 Å². The number of benzene rings is 1. The van der Waals surface area contributed by atoms with Crippen molar-refractivity contribution in [1.82, 2.24) is 9.97 Å². The third-order valence-electron chi connectivity index (χ3n) is 4.58. The van der Waals surface area contributed by atoms with E-state index < -0.39 is 0 Å². The predicted octanol–water partition coefficient (Wildman–Crippen LogP) is 2.46. The number of hydrogen-bond donors (Lipinski definition) is 2. The van der Waals surface area contributed by atoms with Crippen molar-refractivity contribution in [3.05, 3.63) is 47.2 Å². The molecule has 0 unspecified atom stereocenters. The number of rotatable bonds is 5. The summed E-state index contributed by atoms with van der Waals surface area (Å²) in [5.74, 6) is 1.63. The predicted molar refractivity (Wildman–Crippen MR) is 94.3 cm³/mol. The number of aromatic nitrogens is 2. The molecule has 0 radical (unpaired) electrons. The molecule has 3 rings (SSSR count). The summed E-state index contributed by atoms with van der Waals surface area (Å²) in [7, 11) is 2.03. The zero-order chi connectivity index (χ0) is 16.4. The van der Waals surface area contributed by atoms with Gasteiger partial charge in [0.2, 0.25) is 5.95 Å². The number of aryl methyl sites for hydroxylation is 1. The average Bonchev–Trinajstić information content (AvgIpc) is 2.52. The van der Waals surface area contributed by atoms with E-state index in [9.17, 15) is 0 Å². The summed E-state index contributed by atoms with van der Waals surface area (Å²) < 4.78 is 0. The van der Waals surface area contributed by atoms with E-state index in [1.165, 1.54) is 11.1 Å². The molecule has 4 N–H and O–H groups in total. The van der Waals surface area contributed by atoms with Crippen LogP contribution in [0.25, 0.3) is 0 Å². The summed E-state index contributed by atoms with van der Waals surface area (Å²) >= 11 is 0. The number of nitrogens with two attached hydrogens (primary N) is 2. The first-order valence-corrected chi connectivity index (χ1v) is 8.24. The Balaban J connectivity index is 1.74. The molecule has 5 nitrogen and oxygen atoms in total. The zero-order valence-corrected chi connectivity index (χ0v) is 13.9. The van der Waals surface area contributed by atoms with Crippen molar-refractivity contribution >= 4 is 11.8 Å². The minimum Gasteiger partial charge on any atom is -0.368 e. The van der Waals surface area contributed by atoms with Crippen LogP contribution in [0.15, 0.2) is 30.3 Å². The van der Waals surface area contributed by atoms with Crippen molar-refractivity contribution in [3.63, 3.8) is 0 Å². The maximum absolute atomic E-state index is 5.90. The van der Waals surface area contributed by atoms with Gasteiger partial charge in [0.15, 0.2) is 0 Å². The van der Waals surface area contributed by atoms with Gasteiger partial charge in [0.05, 0.1) is 5.69 Å². The topological polar surface area (TPSA) is 81.1 Å². The summed E-state index contributed by atoms with van der Waals surface area (Å²) in [4.78, 5) is 10.9. The lowest BCUT2D eigenvalue weighted by Crippen LogP contribution is -2.35. The highest BCUT2D eigenvalue weighted by atomic mass is 15.2. The molecule has 5 heteroatoms. The zero-order valence-electron chi connectivity index (χ0n) is 13.9. The van der Waals surface area contributed by atoms with Crippen LogP contribution in [0, 0.1) is 0 Å². The lowest BCUT2D eigenvalue weighted by atomic mass is 9.78. The highest BCUT2D eigenvalue weighted by Crippen LogP contribution is 2.35. The van der Waals surface area contributed by atoms with Crippen LogP contribution < -0.4 is 16.4 Å². The maximum Gasteiger partial charge on any atom is 0.222 e. The van der Waals surface area contributed by atoms with Crippen molar-refractivity contribution in [3.8, 4) is 0 Å². The molecule has 23 heavy (non-hydrogen) atoms. The molecule has 1 aliphatic rings. The molecular formula is C18H25N5. The Kier molecular flexibility index (Phi) is 4.48. The average molecular weight is 311 g/mol. The molecule has 2 aromatic rings. The molecule has 1 fully saturated rings. The van der Waals surface area contributed by atoms with E-state index in [4.69, 9.17) is 11.5 Å². The van der Waals surface area contributed by atoms with Gasteiger partial charge in [-0.05, 0) is 30.4 Å². The van der Waals surface area contributed by atoms with E-state index in [0.29, 0.717) is 17.9 Å². The first-order valence-electron chi connectivity index (χ1n) is 8.24. The Morgan fingerprint density at radius 2 is 1.78 bits per heavy atom. The van der Waals surface area contributed by atoms with Crippen LogP contribution in [0.2, 0.25) is 0 Å². The van der Waals surface area contributed by atoms with Gasteiger partial charge in [-0.3, -0.25) is 0 Å². The minimum absolute atomic E-state index is 0.300. The quantitative estimate of drug-likeness (QED) is 0.886. The van der Waals surface area contributed by atoms with Crippen molar-refractivity contribution < 1.29 is 0 Å². The Morgan fingerprint density at radius 3 is 2.39 bits per heavy atom. The largest absolute Gasteiger partial charge is 0.368 e. The van der Waals surface area contributed by atoms with E-state index >= 15 is 0 Å². The van der Waals surface area contributed by atoms with Gasteiger partial charge in [0.1, 0.15) is 5.82 Å². The standard InChI is InChI=1S/C18H25N5/c1-3-12-4-6-13(7-5-12)11-23(2)17-10-16(21-18(20)22-17)14-8-15(19)9-14/h4-7,10,14-15H,3,8-9,11,19H2,1-2H3,(H2,20,21,22). The fourth-order valence-electron chi connectivity index (χ4n) is 3.01. The van der Waals surface area contributed by atoms with Gasteiger partial charge in [-0.1, -0.05) is 31.2 Å². The first-order chi connectivity index (χ1) is 11.0. The Labute approximate surface area is 137 Å². The first kappa shape index (κ1) is 15.7. The second-order valence-corrected chi connectivity index (χ2v) is 6.46. The second kappa shape index (κ2) is 6.54. The fraction of sp³-hybridized carbons (Fsp3) is 0.444. The van der Waals surface area contributed by atoms with E-state index in [2.05, 4.69) is 46.1 Å². The number of nitrogens with zero attached hydrogens (tertiary/aromatic N) is 3. The highest BCUT2D eigenvalue weighted by Gasteiger charge is 2.29. The van der Waals surface area contributed by atoms with E-state index in [-0.39, 0.29) is 0 Å². The number of anilines is 2. The molecule has 0 saturated heterocycles. The van der Waals surface area contributed by atoms with Crippen LogP contribution in [0.5, 0.6) is 0 Å². The number of nitrogen functional groups attached to an aromatic ring is 1. The van der Waals surface area contributed by atoms with E-state index in [1.807, 2.05) is 13.1 Å². The Hall–Kier alpha value is -2.14. The SMILES string of the molecule is CCc1ccc(CN(C)c2cc(C3CC(N)C3)nc(N)n2)cc1. The smallest absolute Gasteiger partial charge is 0.222 e. The van der Waals surface area contributed by atoms with Crippen LogP contribution in [0.3, 0.4) is 0 Å². The van der Waals surface area contributed by atoms with Crippen molar-refractivity contribution in [2.75, 3.05) is 17.7 Å². The summed E-state index contributed by atoms with van der Waals surface area (Å²) in [5.41, 5.74) is 15.4. The molecular weight excluding hydrogens is 286 g/mol. The molecule has 0 atom stereocenters. The fourth-order valence-corrected chi connectivity index (χ4v) is 3.01. The van der Waals surface area contributed by atoms with Crippen molar-refractivity contribution in [2.24, 2.45) is 5.73 Å². The van der Waals surface area contributed by atoms with Crippen LogP contribution in [0.1, 0.15) is 42.5 Å². The molecule has 122 valence electrons. The monoisotopic (exact) mass is 311 g/mol. The minimum atomic E-state index is 0.300.